The highest BCUT2D eigenvalue weighted by molar-refractivity contribution is 6.03. The molecule has 1 unspecified atom stereocenters. The Hall–Kier alpha value is -3.93. The van der Waals surface area contributed by atoms with Gasteiger partial charge in [0.05, 0.1) is 23.1 Å². The molecule has 0 bridgehead atoms. The molecule has 6 heteroatoms. The molecule has 3 aromatic carbocycles. The smallest absolute Gasteiger partial charge is 0.344 e. The normalized spacial score (nSPS) is 15.2. The van der Waals surface area contributed by atoms with E-state index in [1.807, 2.05) is 30.3 Å². The van der Waals surface area contributed by atoms with Gasteiger partial charge in [-0.1, -0.05) is 42.5 Å². The first-order chi connectivity index (χ1) is 14.0. The van der Waals surface area contributed by atoms with Crippen LogP contribution in [0.15, 0.2) is 72.8 Å². The average Bonchev–Trinajstić information content (AvgIpc) is 2.74. The Morgan fingerprint density at radius 2 is 1.62 bits per heavy atom. The van der Waals surface area contributed by atoms with Gasteiger partial charge in [-0.3, -0.25) is 4.79 Å². The summed E-state index contributed by atoms with van der Waals surface area (Å²) in [5, 5.41) is 9.22. The van der Waals surface area contributed by atoms with Gasteiger partial charge in [0.2, 0.25) is 0 Å². The number of carboxylic acids is 1. The molecule has 6 nitrogen and oxygen atoms in total. The van der Waals surface area contributed by atoms with Crippen LogP contribution in [0, 0.1) is 0 Å². The first-order valence-electron chi connectivity index (χ1n) is 8.96. The lowest BCUT2D eigenvalue weighted by molar-refractivity contribution is 0.0667. The van der Waals surface area contributed by atoms with Crippen molar-refractivity contribution in [1.82, 2.24) is 0 Å². The topological polar surface area (TPSA) is 89.9 Å². The zero-order valence-electron chi connectivity index (χ0n) is 15.2. The van der Waals surface area contributed by atoms with Crippen molar-refractivity contribution in [3.8, 4) is 11.5 Å². The molecule has 0 fully saturated rings. The minimum atomic E-state index is -1.22. The molecule has 0 aromatic heterocycles. The molecule has 0 amide bonds. The summed E-state index contributed by atoms with van der Waals surface area (Å²) in [6.07, 6.45) is -0.192. The Morgan fingerprint density at radius 3 is 2.34 bits per heavy atom. The van der Waals surface area contributed by atoms with Crippen LogP contribution in [0.5, 0.6) is 11.5 Å². The van der Waals surface area contributed by atoms with Gasteiger partial charge in [0.25, 0.3) is 0 Å². The fraction of sp³-hybridized carbons (Fsp3) is 0.0870. The number of carboxylic acid groups (broad SMARTS) is 1. The predicted octanol–water partition coefficient (Wildman–Crippen LogP) is 4.31. The lowest BCUT2D eigenvalue weighted by Crippen LogP contribution is -2.20. The molecule has 0 saturated heterocycles. The van der Waals surface area contributed by atoms with Crippen molar-refractivity contribution in [3.05, 3.63) is 95.1 Å². The zero-order chi connectivity index (χ0) is 20.4. The maximum absolute atomic E-state index is 12.6. The standard InChI is InChI=1S/C23H16O6/c24-19-13-21(14-6-2-1-3-7-14)29-20-11-10-15(12-18(19)20)28-23(27)17-9-5-4-8-16(17)22(25)26/h1-12,21H,13H2,(H,25,26). The number of ether oxygens (including phenoxy) is 2. The number of fused-ring (bicyclic) bond motifs is 1. The summed E-state index contributed by atoms with van der Waals surface area (Å²) in [4.78, 5) is 36.3. The second-order valence-electron chi connectivity index (χ2n) is 6.54. The summed E-state index contributed by atoms with van der Waals surface area (Å²) in [5.74, 6) is -1.60. The number of carbonyl (C=O) groups is 3. The monoisotopic (exact) mass is 388 g/mol. The Labute approximate surface area is 166 Å². The third-order valence-corrected chi connectivity index (χ3v) is 4.65. The first kappa shape index (κ1) is 18.4. The van der Waals surface area contributed by atoms with Gasteiger partial charge in [0.1, 0.15) is 17.6 Å². The fourth-order valence-electron chi connectivity index (χ4n) is 3.23. The summed E-state index contributed by atoms with van der Waals surface area (Å²) < 4.78 is 11.3. The maximum atomic E-state index is 12.6. The third-order valence-electron chi connectivity index (χ3n) is 4.65. The lowest BCUT2D eigenvalue weighted by Gasteiger charge is -2.25. The van der Waals surface area contributed by atoms with Gasteiger partial charge in [0, 0.05) is 0 Å². The number of ketones is 1. The van der Waals surface area contributed by atoms with Gasteiger partial charge in [-0.2, -0.15) is 0 Å². The quantitative estimate of drug-likeness (QED) is 0.529. The van der Waals surface area contributed by atoms with E-state index in [1.165, 1.54) is 30.3 Å². The minimum absolute atomic E-state index is 0.0653. The van der Waals surface area contributed by atoms with E-state index in [0.29, 0.717) is 11.3 Å². The van der Waals surface area contributed by atoms with Gasteiger partial charge >= 0.3 is 11.9 Å². The number of esters is 1. The van der Waals surface area contributed by atoms with E-state index < -0.39 is 11.9 Å². The van der Waals surface area contributed by atoms with Crippen LogP contribution in [0.25, 0.3) is 0 Å². The Balaban J connectivity index is 1.57. The van der Waals surface area contributed by atoms with Crippen molar-refractivity contribution in [2.75, 3.05) is 0 Å². The summed E-state index contributed by atoms with van der Waals surface area (Å²) in [7, 11) is 0. The molecule has 0 saturated carbocycles. The number of aromatic carboxylic acids is 1. The molecule has 144 valence electrons. The van der Waals surface area contributed by atoms with Crippen LogP contribution in [0.1, 0.15) is 49.2 Å². The van der Waals surface area contributed by atoms with Gasteiger partial charge in [-0.05, 0) is 35.9 Å². The molecule has 4 rings (SSSR count). The molecular weight excluding hydrogens is 372 g/mol. The minimum Gasteiger partial charge on any atom is -0.484 e. The van der Waals surface area contributed by atoms with Gasteiger partial charge in [-0.25, -0.2) is 9.59 Å². The van der Waals surface area contributed by atoms with Crippen LogP contribution in [-0.2, 0) is 0 Å². The number of hydrogen-bond donors (Lipinski definition) is 1. The largest absolute Gasteiger partial charge is 0.484 e. The zero-order valence-corrected chi connectivity index (χ0v) is 15.2. The SMILES string of the molecule is O=C1CC(c2ccccc2)Oc2ccc(OC(=O)c3ccccc3C(=O)O)cc21. The number of rotatable bonds is 4. The van der Waals surface area contributed by atoms with E-state index in [-0.39, 0.29) is 35.2 Å². The van der Waals surface area contributed by atoms with E-state index in [0.717, 1.165) is 5.56 Å². The van der Waals surface area contributed by atoms with E-state index >= 15 is 0 Å². The molecule has 0 radical (unpaired) electrons. The average molecular weight is 388 g/mol. The summed E-state index contributed by atoms with van der Waals surface area (Å²) >= 11 is 0. The summed E-state index contributed by atoms with van der Waals surface area (Å²) in [6.45, 7) is 0. The predicted molar refractivity (Wildman–Crippen MR) is 104 cm³/mol. The van der Waals surface area contributed by atoms with Crippen LogP contribution in [0.4, 0.5) is 0 Å². The number of benzene rings is 3. The molecule has 0 spiro atoms. The van der Waals surface area contributed by atoms with Crippen molar-refractivity contribution in [3.63, 3.8) is 0 Å². The van der Waals surface area contributed by atoms with Crippen LogP contribution in [0.2, 0.25) is 0 Å². The van der Waals surface area contributed by atoms with Crippen LogP contribution >= 0.6 is 0 Å². The van der Waals surface area contributed by atoms with Crippen molar-refractivity contribution in [2.24, 2.45) is 0 Å². The highest BCUT2D eigenvalue weighted by Crippen LogP contribution is 2.36. The maximum Gasteiger partial charge on any atom is 0.344 e. The first-order valence-corrected chi connectivity index (χ1v) is 8.96. The summed E-state index contributed by atoms with van der Waals surface area (Å²) in [6, 6.07) is 19.8. The number of hydrogen-bond acceptors (Lipinski definition) is 5. The fourth-order valence-corrected chi connectivity index (χ4v) is 3.23. The van der Waals surface area contributed by atoms with Gasteiger partial charge in [0.15, 0.2) is 5.78 Å². The molecule has 1 atom stereocenters. The molecule has 3 aromatic rings. The highest BCUT2D eigenvalue weighted by atomic mass is 16.5. The van der Waals surface area contributed by atoms with Gasteiger partial charge < -0.3 is 14.6 Å². The van der Waals surface area contributed by atoms with Gasteiger partial charge in [-0.15, -0.1) is 0 Å². The Bertz CT molecular complexity index is 1100. The highest BCUT2D eigenvalue weighted by Gasteiger charge is 2.28. The van der Waals surface area contributed by atoms with E-state index in [9.17, 15) is 19.5 Å². The molecule has 1 aliphatic rings. The van der Waals surface area contributed by atoms with Crippen molar-refractivity contribution in [1.29, 1.82) is 0 Å². The van der Waals surface area contributed by atoms with E-state index in [2.05, 4.69) is 0 Å². The second-order valence-corrected chi connectivity index (χ2v) is 6.54. The van der Waals surface area contributed by atoms with Crippen LogP contribution < -0.4 is 9.47 Å². The van der Waals surface area contributed by atoms with Crippen molar-refractivity contribution in [2.45, 2.75) is 12.5 Å². The number of Topliss-reactive ketones (excluding diaryl/α,β-unsaturated/α-hetero) is 1. The van der Waals surface area contributed by atoms with Crippen LogP contribution in [0.3, 0.4) is 0 Å². The third kappa shape index (κ3) is 3.73. The Kier molecular flexibility index (Phi) is 4.83. The van der Waals surface area contributed by atoms with E-state index in [4.69, 9.17) is 9.47 Å². The molecule has 0 aliphatic carbocycles. The molecule has 1 aliphatic heterocycles. The number of carbonyl (C=O) groups excluding carboxylic acids is 2. The molecule has 1 N–H and O–H groups in total. The Morgan fingerprint density at radius 1 is 0.931 bits per heavy atom. The van der Waals surface area contributed by atoms with Crippen LogP contribution in [-0.4, -0.2) is 22.8 Å². The van der Waals surface area contributed by atoms with E-state index in [1.54, 1.807) is 12.1 Å². The summed E-state index contributed by atoms with van der Waals surface area (Å²) in [5.41, 5.74) is 1.02. The molecule has 1 heterocycles. The molecule has 29 heavy (non-hydrogen) atoms. The van der Waals surface area contributed by atoms with Crippen molar-refractivity contribution >= 4 is 17.7 Å². The lowest BCUT2D eigenvalue weighted by atomic mass is 9.96. The van der Waals surface area contributed by atoms with Crippen molar-refractivity contribution < 1.29 is 29.0 Å². The second kappa shape index (κ2) is 7.59. The molecular formula is C23H16O6.